The van der Waals surface area contributed by atoms with E-state index in [1.54, 1.807) is 27.9 Å². The summed E-state index contributed by atoms with van der Waals surface area (Å²) in [5, 5.41) is 80.3. The summed E-state index contributed by atoms with van der Waals surface area (Å²) in [7, 11) is 3.22. The molecule has 5 aliphatic heterocycles. The molecule has 4 bridgehead atoms. The summed E-state index contributed by atoms with van der Waals surface area (Å²) >= 11 is 0. The highest BCUT2D eigenvalue weighted by Gasteiger charge is 2.54. The minimum absolute atomic E-state index is 0.136. The van der Waals surface area contributed by atoms with E-state index >= 15 is 0 Å². The highest BCUT2D eigenvalue weighted by Crippen LogP contribution is 2.35. The molecule has 0 aromatic heterocycles. The molecule has 0 aromatic carbocycles. The summed E-state index contributed by atoms with van der Waals surface area (Å²) in [5.41, 5.74) is 23.7. The summed E-state index contributed by atoms with van der Waals surface area (Å²) in [6.07, 6.45) is -8.95. The van der Waals surface area contributed by atoms with Crippen molar-refractivity contribution < 1.29 is 68.5 Å². The third kappa shape index (κ3) is 9.54. The predicted octanol–water partition coefficient (Wildman–Crippen LogP) is -6.33. The Balaban J connectivity index is 1.10. The second-order valence-corrected chi connectivity index (χ2v) is 17.9. The Labute approximate surface area is 349 Å². The molecule has 60 heavy (non-hydrogen) atoms. The van der Waals surface area contributed by atoms with Gasteiger partial charge in [0.05, 0.1) is 50.5 Å². The first kappa shape index (κ1) is 46.3. The fraction of sp³-hybridized carbons (Fsp3) is 0.895. The van der Waals surface area contributed by atoms with E-state index in [2.05, 4.69) is 21.3 Å². The molecule has 22 heteroatoms. The zero-order chi connectivity index (χ0) is 43.3. The smallest absolute Gasteiger partial charge is 0.215 e. The first-order valence-corrected chi connectivity index (χ1v) is 21.0. The van der Waals surface area contributed by atoms with E-state index in [-0.39, 0.29) is 39.1 Å². The molecule has 2 saturated carbocycles. The monoisotopic (exact) mass is 860 g/mol. The summed E-state index contributed by atoms with van der Waals surface area (Å²) in [4.78, 5) is 0. The van der Waals surface area contributed by atoms with Crippen LogP contribution in [-0.2, 0) is 37.9 Å². The molecular weight excluding hydrogens is 792 g/mol. The van der Waals surface area contributed by atoms with Crippen molar-refractivity contribution in [1.29, 1.82) is 0 Å². The van der Waals surface area contributed by atoms with Crippen LogP contribution in [-0.4, -0.2) is 205 Å². The lowest BCUT2D eigenvalue weighted by atomic mass is 9.83. The van der Waals surface area contributed by atoms with Crippen molar-refractivity contribution in [3.8, 4) is 0 Å². The average molecular weight is 861 g/mol. The minimum Gasteiger partial charge on any atom is -0.467 e. The summed E-state index contributed by atoms with van der Waals surface area (Å²) in [5.74, 6) is 0.966. The lowest BCUT2D eigenvalue weighted by Gasteiger charge is -2.49. The topological polar surface area (TPSA) is 347 Å². The number of nitrogens with one attached hydrogen (secondary N) is 4. The van der Waals surface area contributed by atoms with Gasteiger partial charge in [0.1, 0.15) is 71.6 Å². The minimum atomic E-state index is -1.38. The molecule has 5 fully saturated rings. The number of nitrogens with two attached hydrogens (primary N) is 4. The van der Waals surface area contributed by atoms with Crippen LogP contribution in [0.3, 0.4) is 0 Å². The maximum Gasteiger partial charge on any atom is 0.215 e. The third-order valence-corrected chi connectivity index (χ3v) is 13.0. The molecule has 0 amide bonds. The van der Waals surface area contributed by atoms with Gasteiger partial charge in [-0.2, -0.15) is 0 Å². The van der Waals surface area contributed by atoms with Crippen LogP contribution >= 0.6 is 0 Å². The fourth-order valence-electron chi connectivity index (χ4n) is 9.62. The van der Waals surface area contributed by atoms with E-state index in [1.807, 2.05) is 12.2 Å². The van der Waals surface area contributed by atoms with E-state index in [0.29, 0.717) is 24.4 Å². The molecular formula is C38H68N8O14. The molecule has 18 N–H and O–H groups in total. The molecule has 344 valence electrons. The van der Waals surface area contributed by atoms with Crippen LogP contribution in [0.25, 0.3) is 0 Å². The van der Waals surface area contributed by atoms with E-state index in [4.69, 9.17) is 60.8 Å². The second kappa shape index (κ2) is 18.8. The van der Waals surface area contributed by atoms with E-state index in [9.17, 15) is 30.6 Å². The van der Waals surface area contributed by atoms with Gasteiger partial charge in [-0.15, -0.1) is 0 Å². The lowest BCUT2D eigenvalue weighted by molar-refractivity contribution is -0.304. The summed E-state index contributed by atoms with van der Waals surface area (Å²) in [6.45, 7) is 3.11. The highest BCUT2D eigenvalue weighted by molar-refractivity contribution is 5.10. The third-order valence-electron chi connectivity index (χ3n) is 13.0. The Morgan fingerprint density at radius 3 is 1.38 bits per heavy atom. The Morgan fingerprint density at radius 2 is 1.02 bits per heavy atom. The largest absolute Gasteiger partial charge is 0.467 e. The zero-order valence-corrected chi connectivity index (χ0v) is 34.6. The van der Waals surface area contributed by atoms with E-state index in [0.717, 1.165) is 0 Å². The second-order valence-electron chi connectivity index (χ2n) is 17.9. The molecule has 0 aromatic rings. The van der Waals surface area contributed by atoms with Gasteiger partial charge >= 0.3 is 0 Å². The maximum atomic E-state index is 12.0. The molecule has 2 aliphatic carbocycles. The lowest BCUT2D eigenvalue weighted by Crippen LogP contribution is -2.69. The molecule has 0 spiro atoms. The fourth-order valence-corrected chi connectivity index (χ4v) is 9.62. The number of aliphatic hydroxyl groups excluding tert-OH is 4. The Kier molecular flexibility index (Phi) is 14.5. The number of aliphatic hydroxyl groups is 6. The van der Waals surface area contributed by atoms with Crippen LogP contribution in [0.15, 0.2) is 23.7 Å². The molecule has 5 heterocycles. The van der Waals surface area contributed by atoms with Crippen molar-refractivity contribution >= 4 is 0 Å². The average Bonchev–Trinajstić information content (AvgIpc) is 3.19. The Hall–Kier alpha value is -1.72. The number of hydrogen-bond donors (Lipinski definition) is 14. The molecule has 0 unspecified atom stereocenters. The molecule has 22 nitrogen and oxygen atoms in total. The molecule has 0 radical (unpaired) electrons. The Bertz CT molecular complexity index is 1410. The van der Waals surface area contributed by atoms with Gasteiger partial charge in [0.15, 0.2) is 12.6 Å². The van der Waals surface area contributed by atoms with Crippen molar-refractivity contribution in [1.82, 2.24) is 21.3 Å². The highest BCUT2D eigenvalue weighted by atomic mass is 16.7. The zero-order valence-electron chi connectivity index (χ0n) is 34.6. The van der Waals surface area contributed by atoms with Crippen molar-refractivity contribution in [2.45, 2.75) is 173 Å². The molecule has 7 aliphatic rings. The summed E-state index contributed by atoms with van der Waals surface area (Å²) < 4.78 is 49.6. The van der Waals surface area contributed by atoms with E-state index < -0.39 is 134 Å². The van der Waals surface area contributed by atoms with Crippen LogP contribution in [0, 0.1) is 0 Å². The van der Waals surface area contributed by atoms with Gasteiger partial charge in [-0.05, 0) is 65.8 Å². The van der Waals surface area contributed by atoms with Gasteiger partial charge < -0.3 is 113 Å². The number of rotatable bonds is 6. The van der Waals surface area contributed by atoms with Crippen LogP contribution in [0.4, 0.5) is 0 Å². The van der Waals surface area contributed by atoms with Gasteiger partial charge in [0.2, 0.25) is 12.6 Å². The van der Waals surface area contributed by atoms with Gasteiger partial charge in [-0.25, -0.2) is 0 Å². The number of fused-ring (bicyclic) bond motifs is 6. The van der Waals surface area contributed by atoms with Gasteiger partial charge in [-0.1, -0.05) is 0 Å². The van der Waals surface area contributed by atoms with E-state index in [1.165, 1.54) is 0 Å². The molecule has 22 atom stereocenters. The van der Waals surface area contributed by atoms with Gasteiger partial charge in [0, 0.05) is 24.2 Å². The summed E-state index contributed by atoms with van der Waals surface area (Å²) in [6, 6.07) is -5.49. The van der Waals surface area contributed by atoms with Crippen LogP contribution in [0.2, 0.25) is 0 Å². The number of likely N-dealkylation sites (N-methyl/N-ethyl adjacent to an activating group) is 2. The van der Waals surface area contributed by atoms with Crippen molar-refractivity contribution in [3.05, 3.63) is 23.7 Å². The first-order chi connectivity index (χ1) is 28.4. The van der Waals surface area contributed by atoms with Gasteiger partial charge in [0.25, 0.3) is 0 Å². The van der Waals surface area contributed by atoms with Crippen molar-refractivity contribution in [2.75, 3.05) is 40.4 Å². The number of ether oxygens (including phenoxy) is 8. The Morgan fingerprint density at radius 1 is 0.633 bits per heavy atom. The normalized spacial score (nSPS) is 51.8. The quantitative estimate of drug-likeness (QED) is 0.118. The van der Waals surface area contributed by atoms with Crippen molar-refractivity contribution in [3.63, 3.8) is 0 Å². The number of hydrogen-bond acceptors (Lipinski definition) is 22. The first-order valence-electron chi connectivity index (χ1n) is 21.0. The molecule has 3 saturated heterocycles. The maximum absolute atomic E-state index is 12.0. The van der Waals surface area contributed by atoms with Crippen LogP contribution in [0.5, 0.6) is 0 Å². The van der Waals surface area contributed by atoms with Gasteiger partial charge in [-0.3, -0.25) is 0 Å². The standard InChI is InChI=1S/C38H68N8O14/c1-37(51)13-53-35(25(49)31(37)43-3)57-27-19(41)9-21-29(23(27)47)59-33-17(39)7-5-16(55-33)12-46-22-10-20(42)28(58-36-26(50)32(44-4)38(2,52)14-54-36)24(48)30(22)60-34-18(40)8-6-15(56-34)11-45-21/h5-6,17-36,43-52H,7-14,39-42H2,1-4H3/t17-,18+,19-,20+,21+,22-,23-,24+,25-,26-,27+,28-,29-,30+,31-,32-,33-,34+,35-,36-,37+,38+/m1/s1. The SMILES string of the molecule is CN[C@@H]1[C@@H](O)[C@@H](O[C@@H]2[C@@H](O)[C@@H]3O[C@H]4OC(=CC[C@H]4N)CN[C@@H]4C[C@H](N)[C@@H](O[C@H]5OC[C@](C)(O)[C@H](NC)[C@H]5O)[C@H](O)[C@H]4O[C@@H]4OC(=CC[C@@H]4N)CN[C@H]3C[C@H]2N)OC[C@]1(C)O. The van der Waals surface area contributed by atoms with Crippen LogP contribution < -0.4 is 44.2 Å². The molecule has 7 rings (SSSR count). The van der Waals surface area contributed by atoms with Crippen molar-refractivity contribution in [2.24, 2.45) is 22.9 Å². The van der Waals surface area contributed by atoms with Crippen LogP contribution in [0.1, 0.15) is 39.5 Å². The predicted molar refractivity (Wildman–Crippen MR) is 210 cm³/mol.